The van der Waals surface area contributed by atoms with Gasteiger partial charge in [0, 0.05) is 17.1 Å². The van der Waals surface area contributed by atoms with Crippen LogP contribution in [0.15, 0.2) is 12.1 Å². The summed E-state index contributed by atoms with van der Waals surface area (Å²) in [5, 5.41) is 1.41. The van der Waals surface area contributed by atoms with Gasteiger partial charge in [-0.3, -0.25) is 0 Å². The summed E-state index contributed by atoms with van der Waals surface area (Å²) in [6.07, 6.45) is 0. The molecule has 0 atom stereocenters. The average Bonchev–Trinajstić information content (AvgIpc) is 2.22. The van der Waals surface area contributed by atoms with E-state index in [2.05, 4.69) is 4.98 Å². The lowest BCUT2D eigenvalue weighted by molar-refractivity contribution is 0.419. The number of nitrogens with zero attached hydrogens (tertiary/aromatic N) is 1. The van der Waals surface area contributed by atoms with Crippen molar-refractivity contribution in [1.29, 1.82) is 0 Å². The van der Waals surface area contributed by atoms with Gasteiger partial charge in [-0.2, -0.15) is 0 Å². The number of aromatic nitrogens is 1. The minimum atomic E-state index is 0.514. The molecule has 3 nitrogen and oxygen atoms in total. The first-order valence-electron chi connectivity index (χ1n) is 4.94. The molecule has 0 fully saturated rings. The van der Waals surface area contributed by atoms with Crippen LogP contribution in [-0.2, 0) is 0 Å². The first kappa shape index (κ1) is 11.0. The van der Waals surface area contributed by atoms with E-state index in [0.29, 0.717) is 16.5 Å². The van der Waals surface area contributed by atoms with E-state index in [0.717, 1.165) is 22.2 Å². The van der Waals surface area contributed by atoms with Crippen LogP contribution in [0.1, 0.15) is 11.3 Å². The largest absolute Gasteiger partial charge is 0.494 e. The number of fused-ring (bicyclic) bond motifs is 1. The minimum Gasteiger partial charge on any atom is -0.494 e. The van der Waals surface area contributed by atoms with Gasteiger partial charge in [-0.1, -0.05) is 11.6 Å². The fourth-order valence-corrected chi connectivity index (χ4v) is 2.16. The Morgan fingerprint density at radius 2 is 2.00 bits per heavy atom. The van der Waals surface area contributed by atoms with Crippen molar-refractivity contribution in [2.45, 2.75) is 13.8 Å². The maximum atomic E-state index is 6.19. The number of methoxy groups -OCH3 is 1. The summed E-state index contributed by atoms with van der Waals surface area (Å²) < 4.78 is 5.27. The number of rotatable bonds is 1. The lowest BCUT2D eigenvalue weighted by Gasteiger charge is -2.11. The number of nitrogen functional groups attached to an aromatic ring is 1. The molecular weight excluding hydrogens is 224 g/mol. The van der Waals surface area contributed by atoms with E-state index in [4.69, 9.17) is 22.1 Å². The second kappa shape index (κ2) is 3.83. The summed E-state index contributed by atoms with van der Waals surface area (Å²) in [7, 11) is 1.60. The van der Waals surface area contributed by atoms with Crippen molar-refractivity contribution in [3.63, 3.8) is 0 Å². The number of nitrogens with two attached hydrogens (primary N) is 1. The van der Waals surface area contributed by atoms with Gasteiger partial charge in [0.1, 0.15) is 11.3 Å². The average molecular weight is 237 g/mol. The SMILES string of the molecule is COc1cc(N)c(Cl)c2c(C)cc(C)nc12. The molecule has 4 heteroatoms. The molecule has 0 saturated heterocycles. The molecular formula is C12H13ClN2O. The number of anilines is 1. The third-order valence-corrected chi connectivity index (χ3v) is 2.96. The molecule has 1 aromatic carbocycles. The van der Waals surface area contributed by atoms with E-state index in [9.17, 15) is 0 Å². The Kier molecular flexibility index (Phi) is 2.64. The first-order chi connectivity index (χ1) is 7.54. The van der Waals surface area contributed by atoms with Gasteiger partial charge in [0.15, 0.2) is 0 Å². The van der Waals surface area contributed by atoms with Crippen LogP contribution in [0.4, 0.5) is 5.69 Å². The third-order valence-electron chi connectivity index (χ3n) is 2.56. The summed E-state index contributed by atoms with van der Waals surface area (Å²) in [4.78, 5) is 4.44. The van der Waals surface area contributed by atoms with Crippen molar-refractivity contribution in [3.8, 4) is 5.75 Å². The summed E-state index contributed by atoms with van der Waals surface area (Å²) in [6.45, 7) is 3.93. The quantitative estimate of drug-likeness (QED) is 0.774. The molecule has 16 heavy (non-hydrogen) atoms. The molecule has 0 radical (unpaired) electrons. The number of halogens is 1. The topological polar surface area (TPSA) is 48.1 Å². The molecule has 0 bridgehead atoms. The zero-order valence-corrected chi connectivity index (χ0v) is 10.2. The van der Waals surface area contributed by atoms with Gasteiger partial charge < -0.3 is 10.5 Å². The van der Waals surface area contributed by atoms with Crippen molar-refractivity contribution in [1.82, 2.24) is 4.98 Å². The standard InChI is InChI=1S/C12H13ClN2O/c1-6-4-7(2)15-12-9(16-3)5-8(14)11(13)10(6)12/h4-5H,14H2,1-3H3. The number of benzene rings is 1. The Morgan fingerprint density at radius 1 is 1.31 bits per heavy atom. The predicted molar refractivity (Wildman–Crippen MR) is 67.2 cm³/mol. The molecule has 0 aliphatic carbocycles. The van der Waals surface area contributed by atoms with Crippen LogP contribution in [0.25, 0.3) is 10.9 Å². The number of hydrogen-bond acceptors (Lipinski definition) is 3. The molecule has 1 aromatic heterocycles. The lowest BCUT2D eigenvalue weighted by Crippen LogP contribution is -1.96. The van der Waals surface area contributed by atoms with Gasteiger partial charge in [0.2, 0.25) is 0 Å². The van der Waals surface area contributed by atoms with E-state index in [1.165, 1.54) is 0 Å². The first-order valence-corrected chi connectivity index (χ1v) is 5.32. The Balaban J connectivity index is 2.98. The van der Waals surface area contributed by atoms with Crippen LogP contribution < -0.4 is 10.5 Å². The van der Waals surface area contributed by atoms with Crippen molar-refractivity contribution in [2.75, 3.05) is 12.8 Å². The Labute approximate surface area is 99.2 Å². The molecule has 2 aromatic rings. The van der Waals surface area contributed by atoms with Gasteiger partial charge in [0.25, 0.3) is 0 Å². The Bertz CT molecular complexity index is 567. The zero-order chi connectivity index (χ0) is 11.9. The van der Waals surface area contributed by atoms with Gasteiger partial charge in [-0.25, -0.2) is 4.98 Å². The summed E-state index contributed by atoms with van der Waals surface area (Å²) >= 11 is 6.19. The highest BCUT2D eigenvalue weighted by molar-refractivity contribution is 6.38. The molecule has 0 aliphatic heterocycles. The maximum absolute atomic E-state index is 6.19. The molecule has 2 rings (SSSR count). The molecule has 1 heterocycles. The van der Waals surface area contributed by atoms with E-state index in [1.807, 2.05) is 19.9 Å². The molecule has 0 amide bonds. The van der Waals surface area contributed by atoms with Crippen LogP contribution in [0, 0.1) is 13.8 Å². The highest BCUT2D eigenvalue weighted by Crippen LogP contribution is 2.37. The second-order valence-corrected chi connectivity index (χ2v) is 4.16. The van der Waals surface area contributed by atoms with E-state index < -0.39 is 0 Å². The van der Waals surface area contributed by atoms with Gasteiger partial charge in [-0.05, 0) is 25.5 Å². The Morgan fingerprint density at radius 3 is 2.62 bits per heavy atom. The zero-order valence-electron chi connectivity index (χ0n) is 9.47. The van der Waals surface area contributed by atoms with Crippen molar-refractivity contribution in [3.05, 3.63) is 28.4 Å². The summed E-state index contributed by atoms with van der Waals surface area (Å²) in [5.74, 6) is 0.656. The van der Waals surface area contributed by atoms with Crippen molar-refractivity contribution >= 4 is 28.2 Å². The number of ether oxygens (including phenoxy) is 1. The smallest absolute Gasteiger partial charge is 0.147 e. The summed E-state index contributed by atoms with van der Waals surface area (Å²) in [5.41, 5.74) is 9.09. The molecule has 0 aliphatic rings. The van der Waals surface area contributed by atoms with E-state index >= 15 is 0 Å². The normalized spacial score (nSPS) is 10.8. The van der Waals surface area contributed by atoms with Gasteiger partial charge in [-0.15, -0.1) is 0 Å². The lowest BCUT2D eigenvalue weighted by atomic mass is 10.1. The van der Waals surface area contributed by atoms with Crippen LogP contribution in [0.5, 0.6) is 5.75 Å². The molecule has 0 saturated carbocycles. The van der Waals surface area contributed by atoms with Crippen molar-refractivity contribution in [2.24, 2.45) is 0 Å². The van der Waals surface area contributed by atoms with Crippen LogP contribution in [0.3, 0.4) is 0 Å². The maximum Gasteiger partial charge on any atom is 0.147 e. The van der Waals surface area contributed by atoms with E-state index in [-0.39, 0.29) is 0 Å². The van der Waals surface area contributed by atoms with E-state index in [1.54, 1.807) is 13.2 Å². The summed E-state index contributed by atoms with van der Waals surface area (Å²) in [6, 6.07) is 3.68. The van der Waals surface area contributed by atoms with Crippen molar-refractivity contribution < 1.29 is 4.74 Å². The fourth-order valence-electron chi connectivity index (χ4n) is 1.87. The fraction of sp³-hybridized carbons (Fsp3) is 0.250. The van der Waals surface area contributed by atoms with Gasteiger partial charge >= 0.3 is 0 Å². The predicted octanol–water partition coefficient (Wildman–Crippen LogP) is 3.10. The van der Waals surface area contributed by atoms with Crippen LogP contribution in [0.2, 0.25) is 5.02 Å². The van der Waals surface area contributed by atoms with Crippen LogP contribution in [-0.4, -0.2) is 12.1 Å². The minimum absolute atomic E-state index is 0.514. The molecule has 84 valence electrons. The highest BCUT2D eigenvalue weighted by Gasteiger charge is 2.13. The Hall–Kier alpha value is -1.48. The monoisotopic (exact) mass is 236 g/mol. The van der Waals surface area contributed by atoms with Gasteiger partial charge in [0.05, 0.1) is 17.8 Å². The number of pyridine rings is 1. The molecule has 2 N–H and O–H groups in total. The molecule has 0 spiro atoms. The number of aryl methyl sites for hydroxylation is 2. The second-order valence-electron chi connectivity index (χ2n) is 3.79. The highest BCUT2D eigenvalue weighted by atomic mass is 35.5. The van der Waals surface area contributed by atoms with Crippen LogP contribution >= 0.6 is 11.6 Å². The number of hydrogen-bond donors (Lipinski definition) is 1. The molecule has 0 unspecified atom stereocenters. The third kappa shape index (κ3) is 1.57.